The Morgan fingerprint density at radius 3 is 2.23 bits per heavy atom. The maximum atomic E-state index is 12.3. The zero-order valence-electron chi connectivity index (χ0n) is 15.7. The lowest BCUT2D eigenvalue weighted by molar-refractivity contribution is -0.119. The quantitative estimate of drug-likeness (QED) is 0.809. The lowest BCUT2D eigenvalue weighted by atomic mass is 10.0. The van der Waals surface area contributed by atoms with Gasteiger partial charge in [-0.05, 0) is 41.7 Å². The maximum Gasteiger partial charge on any atom is 0.241 e. The number of nitrogens with zero attached hydrogens (tertiary/aromatic N) is 1. The van der Waals surface area contributed by atoms with Crippen LogP contribution in [0.1, 0.15) is 36.5 Å². The fourth-order valence-electron chi connectivity index (χ4n) is 2.61. The largest absolute Gasteiger partial charge is 0.350 e. The smallest absolute Gasteiger partial charge is 0.241 e. The van der Waals surface area contributed by atoms with Gasteiger partial charge in [-0.25, -0.2) is 8.42 Å². The van der Waals surface area contributed by atoms with Crippen molar-refractivity contribution >= 4 is 21.6 Å². The van der Waals surface area contributed by atoms with Gasteiger partial charge in [0.05, 0.1) is 11.9 Å². The van der Waals surface area contributed by atoms with Gasteiger partial charge in [0.15, 0.2) is 0 Å². The number of hydrogen-bond donors (Lipinski definition) is 1. The number of amides is 1. The zero-order chi connectivity index (χ0) is 19.3. The monoisotopic (exact) mass is 374 g/mol. The van der Waals surface area contributed by atoms with Crippen LogP contribution < -0.4 is 9.62 Å². The molecule has 0 aliphatic heterocycles. The van der Waals surface area contributed by atoms with Gasteiger partial charge in [0.1, 0.15) is 6.54 Å². The van der Waals surface area contributed by atoms with Crippen molar-refractivity contribution in [1.29, 1.82) is 0 Å². The molecule has 26 heavy (non-hydrogen) atoms. The summed E-state index contributed by atoms with van der Waals surface area (Å²) in [5.74, 6) is 0.0137. The molecule has 0 heterocycles. The highest BCUT2D eigenvalue weighted by atomic mass is 32.2. The number of aryl methyl sites for hydroxylation is 1. The molecule has 0 unspecified atom stereocenters. The first kappa shape index (κ1) is 20.0. The molecule has 1 amide bonds. The van der Waals surface area contributed by atoms with E-state index in [1.165, 1.54) is 0 Å². The van der Waals surface area contributed by atoms with E-state index < -0.39 is 10.0 Å². The van der Waals surface area contributed by atoms with E-state index in [2.05, 4.69) is 19.2 Å². The Balaban J connectivity index is 2.10. The molecule has 0 radical (unpaired) electrons. The molecule has 140 valence electrons. The van der Waals surface area contributed by atoms with E-state index in [0.29, 0.717) is 18.2 Å². The third kappa shape index (κ3) is 5.33. The number of rotatable bonds is 7. The van der Waals surface area contributed by atoms with E-state index in [-0.39, 0.29) is 12.5 Å². The summed E-state index contributed by atoms with van der Waals surface area (Å²) in [6, 6.07) is 15.0. The third-order valence-corrected chi connectivity index (χ3v) is 5.41. The highest BCUT2D eigenvalue weighted by Gasteiger charge is 2.21. The van der Waals surface area contributed by atoms with Crippen LogP contribution in [0.15, 0.2) is 48.5 Å². The van der Waals surface area contributed by atoms with Gasteiger partial charge in [-0.3, -0.25) is 9.10 Å². The zero-order valence-corrected chi connectivity index (χ0v) is 16.5. The van der Waals surface area contributed by atoms with Crippen LogP contribution in [0.2, 0.25) is 0 Å². The van der Waals surface area contributed by atoms with Crippen LogP contribution >= 0.6 is 0 Å². The number of anilines is 1. The van der Waals surface area contributed by atoms with Gasteiger partial charge in [-0.1, -0.05) is 50.2 Å². The Kier molecular flexibility index (Phi) is 6.42. The molecule has 0 aromatic heterocycles. The van der Waals surface area contributed by atoms with Crippen molar-refractivity contribution in [1.82, 2.24) is 5.32 Å². The van der Waals surface area contributed by atoms with Crippen molar-refractivity contribution < 1.29 is 13.2 Å². The van der Waals surface area contributed by atoms with Crippen LogP contribution in [0.3, 0.4) is 0 Å². The minimum atomic E-state index is -3.56. The molecule has 0 fully saturated rings. The molecule has 0 saturated heterocycles. The molecular weight excluding hydrogens is 348 g/mol. The lowest BCUT2D eigenvalue weighted by Crippen LogP contribution is -2.40. The Labute approximate surface area is 156 Å². The summed E-state index contributed by atoms with van der Waals surface area (Å²) >= 11 is 0. The maximum absolute atomic E-state index is 12.3. The van der Waals surface area contributed by atoms with E-state index in [9.17, 15) is 13.2 Å². The molecule has 0 saturated carbocycles. The summed E-state index contributed by atoms with van der Waals surface area (Å²) in [4.78, 5) is 12.3. The molecule has 0 spiro atoms. The van der Waals surface area contributed by atoms with E-state index in [0.717, 1.165) is 27.3 Å². The van der Waals surface area contributed by atoms with Crippen LogP contribution in [0, 0.1) is 6.92 Å². The second-order valence-electron chi connectivity index (χ2n) is 6.72. The van der Waals surface area contributed by atoms with E-state index in [1.807, 2.05) is 43.3 Å². The molecule has 0 aliphatic carbocycles. The minimum absolute atomic E-state index is 0.244. The lowest BCUT2D eigenvalue weighted by Gasteiger charge is -2.22. The standard InChI is InChI=1S/C20H26N2O3S/c1-15(2)17-9-11-19(12-10-17)22(26(4,24)25)14-20(23)21-13-18-8-6-5-7-16(18)3/h5-12,15H,13-14H2,1-4H3,(H,21,23). The van der Waals surface area contributed by atoms with Crippen LogP contribution in [-0.2, 0) is 21.4 Å². The van der Waals surface area contributed by atoms with Crippen molar-refractivity contribution in [2.75, 3.05) is 17.1 Å². The minimum Gasteiger partial charge on any atom is -0.350 e. The first-order valence-electron chi connectivity index (χ1n) is 8.57. The average molecular weight is 375 g/mol. The van der Waals surface area contributed by atoms with Gasteiger partial charge < -0.3 is 5.32 Å². The molecule has 2 rings (SSSR count). The second kappa shape index (κ2) is 8.36. The molecule has 0 bridgehead atoms. The van der Waals surface area contributed by atoms with Gasteiger partial charge in [-0.15, -0.1) is 0 Å². The van der Waals surface area contributed by atoms with E-state index >= 15 is 0 Å². The van der Waals surface area contributed by atoms with Crippen molar-refractivity contribution in [2.45, 2.75) is 33.2 Å². The molecule has 2 aromatic carbocycles. The summed E-state index contributed by atoms with van der Waals surface area (Å²) in [5.41, 5.74) is 3.69. The second-order valence-corrected chi connectivity index (χ2v) is 8.63. The summed E-state index contributed by atoms with van der Waals surface area (Å²) in [6.07, 6.45) is 1.11. The predicted octanol–water partition coefficient (Wildman–Crippen LogP) is 3.20. The van der Waals surface area contributed by atoms with Crippen molar-refractivity contribution in [3.05, 3.63) is 65.2 Å². The Morgan fingerprint density at radius 1 is 1.08 bits per heavy atom. The van der Waals surface area contributed by atoms with Gasteiger partial charge >= 0.3 is 0 Å². The average Bonchev–Trinajstić information content (AvgIpc) is 2.58. The third-order valence-electron chi connectivity index (χ3n) is 4.27. The molecule has 0 atom stereocenters. The van der Waals surface area contributed by atoms with Crippen molar-refractivity contribution in [3.8, 4) is 0 Å². The van der Waals surface area contributed by atoms with Gasteiger partial charge in [-0.2, -0.15) is 0 Å². The van der Waals surface area contributed by atoms with Gasteiger partial charge in [0.25, 0.3) is 0 Å². The summed E-state index contributed by atoms with van der Waals surface area (Å²) < 4.78 is 25.5. The Bertz CT molecular complexity index is 859. The van der Waals surface area contributed by atoms with Crippen molar-refractivity contribution in [2.24, 2.45) is 0 Å². The molecule has 0 aliphatic rings. The molecule has 6 heteroatoms. The summed E-state index contributed by atoms with van der Waals surface area (Å²) in [5, 5.41) is 2.80. The number of carbonyl (C=O) groups is 1. The first-order chi connectivity index (χ1) is 12.2. The summed E-state index contributed by atoms with van der Waals surface area (Å²) in [6.45, 7) is 6.24. The Morgan fingerprint density at radius 2 is 1.69 bits per heavy atom. The number of carbonyl (C=O) groups excluding carboxylic acids is 1. The SMILES string of the molecule is Cc1ccccc1CNC(=O)CN(c1ccc(C(C)C)cc1)S(C)(=O)=O. The Hall–Kier alpha value is -2.34. The topological polar surface area (TPSA) is 66.5 Å². The predicted molar refractivity (Wildman–Crippen MR) is 106 cm³/mol. The fourth-order valence-corrected chi connectivity index (χ4v) is 3.47. The number of benzene rings is 2. The summed E-state index contributed by atoms with van der Waals surface area (Å²) in [7, 11) is -3.56. The van der Waals surface area contributed by atoms with E-state index in [1.54, 1.807) is 12.1 Å². The normalized spacial score (nSPS) is 11.4. The van der Waals surface area contributed by atoms with E-state index in [4.69, 9.17) is 0 Å². The van der Waals surface area contributed by atoms with Crippen LogP contribution in [-0.4, -0.2) is 27.1 Å². The molecular formula is C20H26N2O3S. The highest BCUT2D eigenvalue weighted by molar-refractivity contribution is 7.92. The van der Waals surface area contributed by atoms with Crippen LogP contribution in [0.5, 0.6) is 0 Å². The van der Waals surface area contributed by atoms with Gasteiger partial charge in [0.2, 0.25) is 15.9 Å². The highest BCUT2D eigenvalue weighted by Crippen LogP contribution is 2.21. The number of hydrogen-bond acceptors (Lipinski definition) is 3. The first-order valence-corrected chi connectivity index (χ1v) is 10.4. The van der Waals surface area contributed by atoms with Gasteiger partial charge in [0, 0.05) is 6.54 Å². The molecule has 5 nitrogen and oxygen atoms in total. The fraction of sp³-hybridized carbons (Fsp3) is 0.350. The number of sulfonamides is 1. The van der Waals surface area contributed by atoms with Crippen LogP contribution in [0.25, 0.3) is 0 Å². The van der Waals surface area contributed by atoms with Crippen LogP contribution in [0.4, 0.5) is 5.69 Å². The molecule has 2 aromatic rings. The number of nitrogens with one attached hydrogen (secondary N) is 1. The van der Waals surface area contributed by atoms with Crippen molar-refractivity contribution in [3.63, 3.8) is 0 Å². The molecule has 1 N–H and O–H groups in total.